The summed E-state index contributed by atoms with van der Waals surface area (Å²) >= 11 is 0. The van der Waals surface area contributed by atoms with E-state index in [1.165, 1.54) is 0 Å². The molecule has 3 heterocycles. The van der Waals surface area contributed by atoms with Crippen LogP contribution in [0.15, 0.2) is 0 Å². The van der Waals surface area contributed by atoms with Crippen molar-refractivity contribution in [2.45, 2.75) is 118 Å². The molecular formula is C50H93N3O39P3-3. The zero-order valence-corrected chi connectivity index (χ0v) is 54.8. The van der Waals surface area contributed by atoms with Gasteiger partial charge in [-0.3, -0.25) is 28.1 Å². The number of phosphoric ester groups is 3. The first kappa shape index (κ1) is 87.0. The molecule has 560 valence electrons. The van der Waals surface area contributed by atoms with E-state index >= 15 is 0 Å². The molecule has 3 fully saturated rings. The number of ether oxygens (including phenoxy) is 15. The number of carbonyl (C=O) groups is 3. The van der Waals surface area contributed by atoms with E-state index in [0.29, 0.717) is 0 Å². The monoisotopic (exact) mass is 1450 g/mol. The summed E-state index contributed by atoms with van der Waals surface area (Å²) in [5.74, 6) is -1.03. The van der Waals surface area contributed by atoms with E-state index in [9.17, 15) is 88.7 Å². The van der Waals surface area contributed by atoms with E-state index in [2.05, 4.69) is 29.5 Å². The van der Waals surface area contributed by atoms with Crippen molar-refractivity contribution in [2.24, 2.45) is 5.41 Å². The van der Waals surface area contributed by atoms with Gasteiger partial charge < -0.3 is 176 Å². The number of aliphatic hydroxyl groups excluding tert-OH is 9. The molecule has 3 aliphatic heterocycles. The molecule has 3 amide bonds. The second-order valence-corrected chi connectivity index (χ2v) is 25.0. The molecule has 3 saturated heterocycles. The largest absolute Gasteiger partial charge is 0.756 e. The van der Waals surface area contributed by atoms with Crippen molar-refractivity contribution in [2.75, 3.05) is 178 Å². The van der Waals surface area contributed by atoms with Gasteiger partial charge >= 0.3 is 0 Å². The van der Waals surface area contributed by atoms with Crippen molar-refractivity contribution in [3.63, 3.8) is 0 Å². The highest BCUT2D eigenvalue weighted by Crippen LogP contribution is 2.35. The number of nitrogens with one attached hydrogen (secondary N) is 3. The van der Waals surface area contributed by atoms with Crippen molar-refractivity contribution in [1.29, 1.82) is 0 Å². The molecule has 45 heteroatoms. The summed E-state index contributed by atoms with van der Waals surface area (Å²) in [4.78, 5) is 96.8. The summed E-state index contributed by atoms with van der Waals surface area (Å²) in [6.45, 7) is 0.279. The molecule has 3 rings (SSSR count). The van der Waals surface area contributed by atoms with Crippen molar-refractivity contribution < 1.29 is 188 Å². The zero-order valence-electron chi connectivity index (χ0n) is 52.1. The van der Waals surface area contributed by atoms with E-state index in [0.717, 1.165) is 0 Å². The molecular weight excluding hydrogens is 1360 g/mol. The third-order valence-corrected chi connectivity index (χ3v) is 14.8. The van der Waals surface area contributed by atoms with Crippen LogP contribution in [0.5, 0.6) is 0 Å². The fourth-order valence-electron chi connectivity index (χ4n) is 8.34. The highest BCUT2D eigenvalue weighted by Gasteiger charge is 2.47. The van der Waals surface area contributed by atoms with Gasteiger partial charge in [0.2, 0.25) is 17.7 Å². The van der Waals surface area contributed by atoms with Gasteiger partial charge in [-0.25, -0.2) is 0 Å². The van der Waals surface area contributed by atoms with Gasteiger partial charge in [-0.2, -0.15) is 0 Å². The van der Waals surface area contributed by atoms with Crippen molar-refractivity contribution in [1.82, 2.24) is 16.0 Å². The fourth-order valence-corrected chi connectivity index (χ4v) is 9.35. The average molecular weight is 1450 g/mol. The Hall–Kier alpha value is -2.22. The summed E-state index contributed by atoms with van der Waals surface area (Å²) in [5, 5.41) is 98.8. The Morgan fingerprint density at radius 1 is 0.358 bits per heavy atom. The second kappa shape index (κ2) is 47.1. The first-order valence-corrected chi connectivity index (χ1v) is 34.4. The zero-order chi connectivity index (χ0) is 70.5. The molecule has 3 aliphatic rings. The molecule has 0 aromatic carbocycles. The summed E-state index contributed by atoms with van der Waals surface area (Å²) in [6.07, 6.45) is -24.5. The van der Waals surface area contributed by atoms with Gasteiger partial charge in [-0.05, 0) is 0 Å². The first-order chi connectivity index (χ1) is 44.9. The van der Waals surface area contributed by atoms with Crippen LogP contribution >= 0.6 is 23.5 Å². The maximum absolute atomic E-state index is 12.6. The number of phosphoric acid groups is 3. The average Bonchev–Trinajstić information content (AvgIpc) is 0.838. The highest BCUT2D eigenvalue weighted by atomic mass is 31.2. The predicted molar refractivity (Wildman–Crippen MR) is 304 cm³/mol. The molecule has 0 bridgehead atoms. The number of hydrogen-bond donors (Lipinski definition) is 15. The van der Waals surface area contributed by atoms with Crippen LogP contribution in [0.4, 0.5) is 0 Å². The topological polar surface area (TPSA) is 617 Å². The van der Waals surface area contributed by atoms with Crippen molar-refractivity contribution in [3.8, 4) is 0 Å². The number of carbonyl (C=O) groups excluding carboxylic acids is 3. The van der Waals surface area contributed by atoms with E-state index in [1.807, 2.05) is 0 Å². The van der Waals surface area contributed by atoms with E-state index in [4.69, 9.17) is 85.7 Å². The lowest BCUT2D eigenvalue weighted by molar-refractivity contribution is -0.304. The Bertz CT molecular complexity index is 2010. The quantitative estimate of drug-likeness (QED) is 0.0199. The molecule has 18 atom stereocenters. The van der Waals surface area contributed by atoms with Crippen LogP contribution in [0.2, 0.25) is 0 Å². The maximum atomic E-state index is 12.6. The Morgan fingerprint density at radius 3 is 0.832 bits per heavy atom. The molecule has 95 heavy (non-hydrogen) atoms. The summed E-state index contributed by atoms with van der Waals surface area (Å²) in [7, 11) is -15.5. The SMILES string of the molecule is CC(COCCC(=O)NCCOCCOCCOC1OC(COP(=O)([O-])O)C(O)C(O)C1O)(COCCC(=O)NCCOCCOCCOC1OC(COP(=O)([O-])O)C(O)C(O)C1O)COCCC(=O)NCCOCCOCCOC1OC(COP(=O)([O-])O)C(O)C(O)C1O. The Kier molecular flexibility index (Phi) is 43.1. The summed E-state index contributed by atoms with van der Waals surface area (Å²) in [5.41, 5.74) is -0.827. The minimum absolute atomic E-state index is 0.000138. The summed E-state index contributed by atoms with van der Waals surface area (Å²) < 4.78 is 127. The number of rotatable bonds is 54. The van der Waals surface area contributed by atoms with Crippen molar-refractivity contribution >= 4 is 41.2 Å². The Morgan fingerprint density at radius 2 is 0.589 bits per heavy atom. The predicted octanol–water partition coefficient (Wildman–Crippen LogP) is -10.4. The maximum Gasteiger partial charge on any atom is 0.265 e. The lowest BCUT2D eigenvalue weighted by Crippen LogP contribution is -2.59. The third kappa shape index (κ3) is 38.4. The molecule has 0 radical (unpaired) electrons. The van der Waals surface area contributed by atoms with Gasteiger partial charge in [0.15, 0.2) is 18.9 Å². The lowest BCUT2D eigenvalue weighted by Gasteiger charge is -2.40. The van der Waals surface area contributed by atoms with Crippen LogP contribution in [0.1, 0.15) is 26.2 Å². The van der Waals surface area contributed by atoms with Gasteiger partial charge in [0, 0.05) is 44.3 Å². The number of aliphatic hydroxyl groups is 9. The molecule has 0 saturated carbocycles. The van der Waals surface area contributed by atoms with E-state index in [-0.39, 0.29) is 195 Å². The van der Waals surface area contributed by atoms with E-state index < -0.39 is 141 Å². The van der Waals surface area contributed by atoms with Crippen LogP contribution in [0, 0.1) is 5.41 Å². The van der Waals surface area contributed by atoms with Crippen LogP contribution in [0.3, 0.4) is 0 Å². The molecule has 42 nitrogen and oxygen atoms in total. The molecule has 0 aliphatic carbocycles. The van der Waals surface area contributed by atoms with Crippen LogP contribution < -0.4 is 30.6 Å². The first-order valence-electron chi connectivity index (χ1n) is 29.9. The second-order valence-electron chi connectivity index (χ2n) is 21.4. The van der Waals surface area contributed by atoms with Crippen molar-refractivity contribution in [3.05, 3.63) is 0 Å². The molecule has 18 unspecified atom stereocenters. The molecule has 0 aromatic heterocycles. The van der Waals surface area contributed by atoms with Gasteiger partial charge in [-0.15, -0.1) is 0 Å². The third-order valence-electron chi connectivity index (χ3n) is 13.3. The lowest BCUT2D eigenvalue weighted by atomic mass is 9.94. The Labute approximate surface area is 545 Å². The smallest absolute Gasteiger partial charge is 0.265 e. The fraction of sp³-hybridized carbons (Fsp3) is 0.940. The van der Waals surface area contributed by atoms with E-state index in [1.54, 1.807) is 6.92 Å². The standard InChI is InChI=1S/C50H96N3O39P3/c1-50(29-81-8-2-35(54)51-5-11-75-14-17-78-20-23-84-47-44(63)41(60)38(57)32(90-47)26-87-93(66,67)68,30-82-9-3-36(55)52-6-12-76-15-18-79-21-24-85-48-45(64)42(61)39(58)33(91-48)27-88-94(69,70)71)31-83-10-4-37(56)53-7-13-77-16-19-80-22-25-86-49-46(65)43(62)40(59)34(92-49)28-89-95(72,73)74/h32-34,38-49,57-65H,2-31H2,1H3,(H,51,54)(H,52,55)(H,53,56)(H2,66,67,68)(H2,69,70,71)(H2,72,73,74)/p-3. The van der Waals surface area contributed by atoms with Gasteiger partial charge in [0.1, 0.15) is 73.2 Å². The summed E-state index contributed by atoms with van der Waals surface area (Å²) in [6, 6.07) is 0. The normalized spacial score (nSPS) is 29.0. The van der Waals surface area contributed by atoms with Gasteiger partial charge in [-0.1, -0.05) is 6.92 Å². The molecule has 15 N–H and O–H groups in total. The minimum Gasteiger partial charge on any atom is -0.756 e. The molecule has 0 spiro atoms. The number of amides is 3. The van der Waals surface area contributed by atoms with Crippen LogP contribution in [-0.2, 0) is 113 Å². The van der Waals surface area contributed by atoms with Crippen LogP contribution in [0.25, 0.3) is 0 Å². The van der Waals surface area contributed by atoms with Gasteiger partial charge in [0.25, 0.3) is 23.5 Å². The Balaban J connectivity index is 1.30. The van der Waals surface area contributed by atoms with Gasteiger partial charge in [0.05, 0.1) is 159 Å². The highest BCUT2D eigenvalue weighted by molar-refractivity contribution is 7.45. The minimum atomic E-state index is -5.16. The number of hydrogen-bond acceptors (Lipinski definition) is 36. The van der Waals surface area contributed by atoms with Crippen LogP contribution in [-0.4, -0.2) is 349 Å². The molecule has 0 aromatic rings.